The summed E-state index contributed by atoms with van der Waals surface area (Å²) >= 11 is 0. The van der Waals surface area contributed by atoms with E-state index in [2.05, 4.69) is 6.07 Å². The Balaban J connectivity index is 2.04. The number of allylic oxidation sites excluding steroid dienone is 1. The van der Waals surface area contributed by atoms with Crippen molar-refractivity contribution in [3.8, 4) is 11.8 Å². The van der Waals surface area contributed by atoms with Gasteiger partial charge in [0.15, 0.2) is 0 Å². The molecule has 5 nitrogen and oxygen atoms in total. The molecule has 5 heteroatoms. The van der Waals surface area contributed by atoms with Crippen molar-refractivity contribution in [1.29, 1.82) is 5.26 Å². The number of hydrogen-bond acceptors (Lipinski definition) is 3. The summed E-state index contributed by atoms with van der Waals surface area (Å²) in [5, 5.41) is 20.5. The molecule has 0 atom stereocenters. The van der Waals surface area contributed by atoms with Crippen LogP contribution in [0.3, 0.4) is 0 Å². The number of nitro groups is 1. The summed E-state index contributed by atoms with van der Waals surface area (Å²) in [7, 11) is 0. The number of nitrogens with zero attached hydrogens (tertiary/aromatic N) is 3. The topological polar surface area (TPSA) is 71.9 Å². The Kier molecular flexibility index (Phi) is 4.44. The first-order valence-electron chi connectivity index (χ1n) is 7.69. The molecule has 0 aliphatic carbocycles. The minimum Gasteiger partial charge on any atom is -0.317 e. The second-order valence-electron chi connectivity index (χ2n) is 5.62. The summed E-state index contributed by atoms with van der Waals surface area (Å²) in [6.07, 6.45) is 3.65. The molecule has 1 heterocycles. The monoisotopic (exact) mass is 329 g/mol. The highest BCUT2D eigenvalue weighted by atomic mass is 16.6. The fraction of sp³-hybridized carbons (Fsp3) is 0.0500. The molecule has 0 amide bonds. The van der Waals surface area contributed by atoms with E-state index in [0.717, 1.165) is 11.4 Å². The van der Waals surface area contributed by atoms with Crippen molar-refractivity contribution in [3.05, 3.63) is 93.8 Å². The highest BCUT2D eigenvalue weighted by Crippen LogP contribution is 2.23. The number of hydrogen-bond donors (Lipinski definition) is 0. The zero-order chi connectivity index (χ0) is 17.8. The van der Waals surface area contributed by atoms with Crippen molar-refractivity contribution in [2.45, 2.75) is 6.92 Å². The molecular formula is C20H15N3O2. The Bertz CT molecular complexity index is 992. The summed E-state index contributed by atoms with van der Waals surface area (Å²) in [6, 6.07) is 20.1. The maximum absolute atomic E-state index is 10.9. The van der Waals surface area contributed by atoms with E-state index >= 15 is 0 Å². The third-order valence-electron chi connectivity index (χ3n) is 3.87. The molecule has 2 aromatic carbocycles. The molecule has 0 aliphatic heterocycles. The predicted octanol–water partition coefficient (Wildman–Crippen LogP) is 4.76. The van der Waals surface area contributed by atoms with Gasteiger partial charge in [-0.25, -0.2) is 0 Å². The molecule has 0 bridgehead atoms. The highest BCUT2D eigenvalue weighted by molar-refractivity contribution is 5.89. The Morgan fingerprint density at radius 1 is 1.16 bits per heavy atom. The molecule has 25 heavy (non-hydrogen) atoms. The number of aryl methyl sites for hydroxylation is 1. The van der Waals surface area contributed by atoms with Crippen LogP contribution in [0.25, 0.3) is 17.3 Å². The van der Waals surface area contributed by atoms with Crippen molar-refractivity contribution in [1.82, 2.24) is 4.57 Å². The minimum atomic E-state index is -0.465. The van der Waals surface area contributed by atoms with Crippen molar-refractivity contribution >= 4 is 17.3 Å². The molecule has 0 unspecified atom stereocenters. The lowest BCUT2D eigenvalue weighted by atomic mass is 10.1. The van der Waals surface area contributed by atoms with Crippen LogP contribution in [0.4, 0.5) is 5.69 Å². The van der Waals surface area contributed by atoms with Gasteiger partial charge in [0.05, 0.1) is 16.6 Å². The zero-order valence-electron chi connectivity index (χ0n) is 13.6. The summed E-state index contributed by atoms with van der Waals surface area (Å²) < 4.78 is 1.97. The molecule has 3 aromatic rings. The molecule has 0 aliphatic rings. The second-order valence-corrected chi connectivity index (χ2v) is 5.62. The summed E-state index contributed by atoms with van der Waals surface area (Å²) in [5.41, 5.74) is 3.84. The third-order valence-corrected chi connectivity index (χ3v) is 3.87. The number of benzene rings is 2. The zero-order valence-corrected chi connectivity index (χ0v) is 13.6. The first kappa shape index (κ1) is 16.2. The number of nitro benzene ring substituents is 1. The number of aromatic nitrogens is 1. The van der Waals surface area contributed by atoms with Crippen LogP contribution in [0.1, 0.15) is 16.8 Å². The van der Waals surface area contributed by atoms with Crippen LogP contribution in [0.15, 0.2) is 66.9 Å². The molecule has 0 saturated heterocycles. The first-order chi connectivity index (χ1) is 12.1. The Hall–Kier alpha value is -3.65. The molecule has 0 saturated carbocycles. The van der Waals surface area contributed by atoms with Gasteiger partial charge in [0.2, 0.25) is 0 Å². The van der Waals surface area contributed by atoms with Crippen LogP contribution in [0.2, 0.25) is 0 Å². The van der Waals surface area contributed by atoms with E-state index in [1.807, 2.05) is 54.1 Å². The van der Waals surface area contributed by atoms with Crippen LogP contribution >= 0.6 is 0 Å². The predicted molar refractivity (Wildman–Crippen MR) is 97.1 cm³/mol. The minimum absolute atomic E-state index is 0.0347. The van der Waals surface area contributed by atoms with E-state index in [9.17, 15) is 15.4 Å². The lowest BCUT2D eigenvalue weighted by Crippen LogP contribution is -1.95. The van der Waals surface area contributed by atoms with E-state index in [-0.39, 0.29) is 5.69 Å². The van der Waals surface area contributed by atoms with Crippen molar-refractivity contribution < 1.29 is 4.92 Å². The quantitative estimate of drug-likeness (QED) is 0.393. The second kappa shape index (κ2) is 6.85. The van der Waals surface area contributed by atoms with Gasteiger partial charge >= 0.3 is 0 Å². The standard InChI is InChI=1S/C20H15N3O2/c1-15-7-9-18(10-8-15)22-11-3-6-19(22)13-17(14-21)16-4-2-5-20(12-16)23(24)25/h2-13H,1H3/b17-13-. The molecule has 0 radical (unpaired) electrons. The van der Waals surface area contributed by atoms with Crippen LogP contribution in [-0.2, 0) is 0 Å². The van der Waals surface area contributed by atoms with Gasteiger partial charge in [-0.2, -0.15) is 5.26 Å². The van der Waals surface area contributed by atoms with Gasteiger partial charge in [-0.1, -0.05) is 29.8 Å². The van der Waals surface area contributed by atoms with E-state index < -0.39 is 4.92 Å². The van der Waals surface area contributed by atoms with Gasteiger partial charge in [-0.3, -0.25) is 10.1 Å². The SMILES string of the molecule is Cc1ccc(-n2cccc2/C=C(/C#N)c2cccc([N+](=O)[O-])c2)cc1. The van der Waals surface area contributed by atoms with Gasteiger partial charge in [0, 0.05) is 29.7 Å². The summed E-state index contributed by atoms with van der Waals surface area (Å²) in [4.78, 5) is 10.5. The normalized spacial score (nSPS) is 11.1. The van der Waals surface area contributed by atoms with Crippen molar-refractivity contribution in [3.63, 3.8) is 0 Å². The Morgan fingerprint density at radius 2 is 1.92 bits per heavy atom. The number of rotatable bonds is 4. The maximum atomic E-state index is 10.9. The van der Waals surface area contributed by atoms with Crippen molar-refractivity contribution in [2.24, 2.45) is 0 Å². The van der Waals surface area contributed by atoms with Gasteiger partial charge in [0.25, 0.3) is 5.69 Å². The average Bonchev–Trinajstić information content (AvgIpc) is 3.08. The largest absolute Gasteiger partial charge is 0.317 e. The smallest absolute Gasteiger partial charge is 0.270 e. The Labute approximate surface area is 145 Å². The summed E-state index contributed by atoms with van der Waals surface area (Å²) in [6.45, 7) is 2.02. The van der Waals surface area contributed by atoms with Crippen LogP contribution < -0.4 is 0 Å². The van der Waals surface area contributed by atoms with E-state index in [4.69, 9.17) is 0 Å². The summed E-state index contributed by atoms with van der Waals surface area (Å²) in [5.74, 6) is 0. The van der Waals surface area contributed by atoms with E-state index in [0.29, 0.717) is 11.1 Å². The molecule has 1 aromatic heterocycles. The third kappa shape index (κ3) is 3.48. The molecule has 0 fully saturated rings. The average molecular weight is 329 g/mol. The van der Waals surface area contributed by atoms with E-state index in [1.165, 1.54) is 17.7 Å². The maximum Gasteiger partial charge on any atom is 0.270 e. The molecular weight excluding hydrogens is 314 g/mol. The molecule has 0 spiro atoms. The van der Waals surface area contributed by atoms with Gasteiger partial charge in [-0.15, -0.1) is 0 Å². The Morgan fingerprint density at radius 3 is 2.60 bits per heavy atom. The van der Waals surface area contributed by atoms with Crippen LogP contribution in [-0.4, -0.2) is 9.49 Å². The fourth-order valence-electron chi connectivity index (χ4n) is 2.57. The van der Waals surface area contributed by atoms with Crippen LogP contribution in [0, 0.1) is 28.4 Å². The highest BCUT2D eigenvalue weighted by Gasteiger charge is 2.10. The van der Waals surface area contributed by atoms with Gasteiger partial charge in [0.1, 0.15) is 0 Å². The molecule has 0 N–H and O–H groups in total. The van der Waals surface area contributed by atoms with E-state index in [1.54, 1.807) is 18.2 Å². The van der Waals surface area contributed by atoms with Gasteiger partial charge in [-0.05, 0) is 42.8 Å². The fourth-order valence-corrected chi connectivity index (χ4v) is 2.57. The van der Waals surface area contributed by atoms with Crippen molar-refractivity contribution in [2.75, 3.05) is 0 Å². The lowest BCUT2D eigenvalue weighted by molar-refractivity contribution is -0.384. The number of nitriles is 1. The molecule has 122 valence electrons. The van der Waals surface area contributed by atoms with Crippen LogP contribution in [0.5, 0.6) is 0 Å². The first-order valence-corrected chi connectivity index (χ1v) is 7.69. The molecule has 3 rings (SSSR count). The van der Waals surface area contributed by atoms with Gasteiger partial charge < -0.3 is 4.57 Å². The number of non-ortho nitro benzene ring substituents is 1. The lowest BCUT2D eigenvalue weighted by Gasteiger charge is -2.08.